The van der Waals surface area contributed by atoms with Crippen molar-refractivity contribution in [2.75, 3.05) is 6.54 Å². The number of hydrogen-bond acceptors (Lipinski definition) is 4. The molecule has 0 saturated carbocycles. The summed E-state index contributed by atoms with van der Waals surface area (Å²) in [6.07, 6.45) is 0.807. The largest absolute Gasteiger partial charge is 0.389 e. The van der Waals surface area contributed by atoms with Crippen LogP contribution in [0.25, 0.3) is 0 Å². The Hall–Kier alpha value is -0.680. The van der Waals surface area contributed by atoms with Gasteiger partial charge in [0.15, 0.2) is 0 Å². The van der Waals surface area contributed by atoms with Crippen molar-refractivity contribution in [3.63, 3.8) is 0 Å². The lowest BCUT2D eigenvalue weighted by molar-refractivity contribution is 0.0371. The molecule has 2 rings (SSSR count). The predicted molar refractivity (Wildman–Crippen MR) is 88.6 cm³/mol. The van der Waals surface area contributed by atoms with E-state index in [2.05, 4.69) is 54.2 Å². The molecule has 0 fully saturated rings. The van der Waals surface area contributed by atoms with Crippen molar-refractivity contribution in [3.8, 4) is 0 Å². The first-order chi connectivity index (χ1) is 9.48. The van der Waals surface area contributed by atoms with Crippen LogP contribution in [0.5, 0.6) is 0 Å². The summed E-state index contributed by atoms with van der Waals surface area (Å²) in [5, 5.41) is 18.2. The van der Waals surface area contributed by atoms with Crippen LogP contribution in [0.15, 0.2) is 35.0 Å². The van der Waals surface area contributed by atoms with Gasteiger partial charge < -0.3 is 10.4 Å². The van der Waals surface area contributed by atoms with Crippen molar-refractivity contribution in [2.24, 2.45) is 5.92 Å². The van der Waals surface area contributed by atoms with Crippen LogP contribution < -0.4 is 5.32 Å². The van der Waals surface area contributed by atoms with Crippen LogP contribution in [0.4, 0.5) is 0 Å². The normalized spacial score (nSPS) is 14.9. The summed E-state index contributed by atoms with van der Waals surface area (Å²) in [5.41, 5.74) is -0.666. The first-order valence-corrected chi connectivity index (χ1v) is 8.76. The summed E-state index contributed by atoms with van der Waals surface area (Å²) in [7, 11) is 0. The zero-order valence-corrected chi connectivity index (χ0v) is 13.9. The zero-order chi connectivity index (χ0) is 14.6. The topological polar surface area (TPSA) is 32.3 Å². The highest BCUT2D eigenvalue weighted by atomic mass is 32.1. The highest BCUT2D eigenvalue weighted by molar-refractivity contribution is 7.11. The molecule has 1 unspecified atom stereocenters. The lowest BCUT2D eigenvalue weighted by atomic mass is 9.94. The standard InChI is InChI=1S/C16H23NOS2/c1-12(2)10-16(3,18)11-17-15(13-6-4-8-19-13)14-7-5-9-20-14/h4-9,12,15,17-18H,10-11H2,1-3H3. The van der Waals surface area contributed by atoms with Crippen LogP contribution in [0, 0.1) is 5.92 Å². The molecular formula is C16H23NOS2. The number of rotatable bonds is 7. The van der Waals surface area contributed by atoms with Crippen molar-refractivity contribution >= 4 is 22.7 Å². The second-order valence-corrected chi connectivity index (χ2v) is 7.90. The van der Waals surface area contributed by atoms with E-state index >= 15 is 0 Å². The average Bonchev–Trinajstić information content (AvgIpc) is 2.98. The number of hydrogen-bond donors (Lipinski definition) is 2. The van der Waals surface area contributed by atoms with Crippen molar-refractivity contribution in [3.05, 3.63) is 44.8 Å². The third-order valence-corrected chi connectivity index (χ3v) is 5.06. The lowest BCUT2D eigenvalue weighted by Gasteiger charge is -2.28. The SMILES string of the molecule is CC(C)CC(C)(O)CNC(c1cccs1)c1cccs1. The Labute approximate surface area is 129 Å². The van der Waals surface area contributed by atoms with E-state index < -0.39 is 5.60 Å². The lowest BCUT2D eigenvalue weighted by Crippen LogP contribution is -2.40. The summed E-state index contributed by atoms with van der Waals surface area (Å²) in [6.45, 7) is 6.81. The number of thiophene rings is 2. The molecule has 2 N–H and O–H groups in total. The van der Waals surface area contributed by atoms with Gasteiger partial charge in [0.1, 0.15) is 0 Å². The van der Waals surface area contributed by atoms with Gasteiger partial charge in [-0.2, -0.15) is 0 Å². The summed E-state index contributed by atoms with van der Waals surface area (Å²) in [5.74, 6) is 0.494. The highest BCUT2D eigenvalue weighted by Gasteiger charge is 2.24. The van der Waals surface area contributed by atoms with Crippen LogP contribution in [-0.2, 0) is 0 Å². The van der Waals surface area contributed by atoms with Crippen molar-refractivity contribution in [1.82, 2.24) is 5.32 Å². The van der Waals surface area contributed by atoms with Gasteiger partial charge in [-0.05, 0) is 42.2 Å². The Kier molecular flexibility index (Phi) is 5.38. The molecule has 2 heterocycles. The molecule has 0 aliphatic rings. The van der Waals surface area contributed by atoms with E-state index in [1.165, 1.54) is 9.75 Å². The van der Waals surface area contributed by atoms with E-state index in [4.69, 9.17) is 0 Å². The third-order valence-electron chi connectivity index (χ3n) is 3.19. The molecule has 0 spiro atoms. The maximum Gasteiger partial charge on any atom is 0.0765 e. The third kappa shape index (κ3) is 4.42. The minimum atomic E-state index is -0.666. The van der Waals surface area contributed by atoms with Crippen LogP contribution in [0.3, 0.4) is 0 Å². The number of aliphatic hydroxyl groups is 1. The second kappa shape index (κ2) is 6.85. The summed E-state index contributed by atoms with van der Waals surface area (Å²) in [6, 6.07) is 8.65. The van der Waals surface area contributed by atoms with Crippen LogP contribution in [0.1, 0.15) is 43.0 Å². The molecule has 20 heavy (non-hydrogen) atoms. The second-order valence-electron chi connectivity index (χ2n) is 5.94. The van der Waals surface area contributed by atoms with Gasteiger partial charge in [-0.1, -0.05) is 26.0 Å². The fourth-order valence-electron chi connectivity index (χ4n) is 2.53. The van der Waals surface area contributed by atoms with Crippen molar-refractivity contribution < 1.29 is 5.11 Å². The molecule has 2 nitrogen and oxygen atoms in total. The van der Waals surface area contributed by atoms with Gasteiger partial charge in [0.05, 0.1) is 11.6 Å². The Bertz CT molecular complexity index is 454. The quantitative estimate of drug-likeness (QED) is 0.800. The van der Waals surface area contributed by atoms with Gasteiger partial charge in [-0.15, -0.1) is 22.7 Å². The smallest absolute Gasteiger partial charge is 0.0765 e. The molecule has 2 aromatic heterocycles. The molecule has 4 heteroatoms. The molecule has 1 atom stereocenters. The zero-order valence-electron chi connectivity index (χ0n) is 12.3. The summed E-state index contributed by atoms with van der Waals surface area (Å²) in [4.78, 5) is 2.60. The van der Waals surface area contributed by atoms with Crippen LogP contribution in [-0.4, -0.2) is 17.3 Å². The minimum Gasteiger partial charge on any atom is -0.389 e. The molecule has 110 valence electrons. The van der Waals surface area contributed by atoms with E-state index in [1.54, 1.807) is 22.7 Å². The molecule has 0 radical (unpaired) electrons. The molecule has 0 saturated heterocycles. The Morgan fingerprint density at radius 2 is 1.70 bits per heavy atom. The molecule has 0 aromatic carbocycles. The van der Waals surface area contributed by atoms with Gasteiger partial charge >= 0.3 is 0 Å². The fraction of sp³-hybridized carbons (Fsp3) is 0.500. The number of nitrogens with one attached hydrogen (secondary N) is 1. The maximum absolute atomic E-state index is 10.5. The van der Waals surface area contributed by atoms with E-state index in [0.717, 1.165) is 6.42 Å². The van der Waals surface area contributed by atoms with Gasteiger partial charge in [0.25, 0.3) is 0 Å². The predicted octanol–water partition coefficient (Wildman–Crippen LogP) is 4.29. The molecule has 2 aromatic rings. The molecule has 0 bridgehead atoms. The Morgan fingerprint density at radius 3 is 2.10 bits per heavy atom. The first kappa shape index (κ1) is 15.7. The van der Waals surface area contributed by atoms with Gasteiger partial charge in [-0.25, -0.2) is 0 Å². The van der Waals surface area contributed by atoms with Gasteiger partial charge in [0.2, 0.25) is 0 Å². The van der Waals surface area contributed by atoms with Crippen LogP contribution in [0.2, 0.25) is 0 Å². The summed E-state index contributed by atoms with van der Waals surface area (Å²) >= 11 is 3.51. The van der Waals surface area contributed by atoms with Crippen LogP contribution >= 0.6 is 22.7 Å². The Morgan fingerprint density at radius 1 is 1.15 bits per heavy atom. The first-order valence-electron chi connectivity index (χ1n) is 7.00. The van der Waals surface area contributed by atoms with E-state index in [-0.39, 0.29) is 6.04 Å². The molecular weight excluding hydrogens is 286 g/mol. The monoisotopic (exact) mass is 309 g/mol. The van der Waals surface area contributed by atoms with Crippen molar-refractivity contribution in [1.29, 1.82) is 0 Å². The van der Waals surface area contributed by atoms with Gasteiger partial charge in [-0.3, -0.25) is 0 Å². The fourth-order valence-corrected chi connectivity index (χ4v) is 4.24. The van der Waals surface area contributed by atoms with E-state index in [0.29, 0.717) is 12.5 Å². The van der Waals surface area contributed by atoms with Gasteiger partial charge in [0, 0.05) is 16.3 Å². The molecule has 0 aliphatic heterocycles. The minimum absolute atomic E-state index is 0.189. The molecule has 0 amide bonds. The molecule has 0 aliphatic carbocycles. The average molecular weight is 310 g/mol. The van der Waals surface area contributed by atoms with E-state index in [9.17, 15) is 5.11 Å². The Balaban J connectivity index is 2.06. The van der Waals surface area contributed by atoms with Crippen molar-refractivity contribution in [2.45, 2.75) is 38.8 Å². The maximum atomic E-state index is 10.5. The highest BCUT2D eigenvalue weighted by Crippen LogP contribution is 2.29. The van der Waals surface area contributed by atoms with E-state index in [1.807, 2.05) is 6.92 Å². The summed E-state index contributed by atoms with van der Waals surface area (Å²) < 4.78 is 0.